The molecule has 2 unspecified atom stereocenters. The number of Topliss-reactive ketones (excluding diaryl/α,β-unsaturated/α-hetero) is 1. The third-order valence-electron chi connectivity index (χ3n) is 8.78. The van der Waals surface area contributed by atoms with Gasteiger partial charge in [0.2, 0.25) is 0 Å². The quantitative estimate of drug-likeness (QED) is 0.666. The Balaban J connectivity index is 1.59. The Bertz CT molecular complexity index is 1140. The first-order valence-corrected chi connectivity index (χ1v) is 12.2. The molecule has 3 fully saturated rings. The summed E-state index contributed by atoms with van der Waals surface area (Å²) in [5.74, 6) is -2.51. The number of carbonyl (C=O) groups excluding carboxylic acids is 1. The molecule has 0 aromatic heterocycles. The fraction of sp³-hybridized carbons (Fsp3) is 0.536. The van der Waals surface area contributed by atoms with E-state index in [9.17, 15) is 15.0 Å². The van der Waals surface area contributed by atoms with E-state index in [0.717, 1.165) is 11.1 Å². The smallest absolute Gasteiger partial charge is 0.289 e. The number of fused-ring (bicyclic) bond motifs is 2. The Hall–Kier alpha value is -2.09. The third kappa shape index (κ3) is 2.61. The van der Waals surface area contributed by atoms with E-state index in [0.29, 0.717) is 24.0 Å². The van der Waals surface area contributed by atoms with E-state index in [1.165, 1.54) is 0 Å². The van der Waals surface area contributed by atoms with E-state index in [2.05, 4.69) is 13.5 Å². The molecule has 1 aromatic carbocycles. The lowest BCUT2D eigenvalue weighted by Crippen LogP contribution is -2.68. The first-order valence-electron chi connectivity index (χ1n) is 12.2. The van der Waals surface area contributed by atoms with Crippen molar-refractivity contribution in [3.63, 3.8) is 0 Å². The SMILES string of the molecule is C=C(C)[C@@]12C[C@@H](C)[C@@]34OC(Cc5ccccc5)(O[C@@H]1[C@@H]3C=C(CO)C[C@]1(O)C(=O)C(C)C=C14)O2. The summed E-state index contributed by atoms with van der Waals surface area (Å²) in [5.41, 5.74) is -0.413. The van der Waals surface area contributed by atoms with Crippen molar-refractivity contribution in [1.82, 2.24) is 0 Å². The largest absolute Gasteiger partial charge is 0.392 e. The molecule has 0 spiro atoms. The van der Waals surface area contributed by atoms with Crippen molar-refractivity contribution >= 4 is 5.78 Å². The van der Waals surface area contributed by atoms with E-state index in [1.54, 1.807) is 0 Å². The minimum Gasteiger partial charge on any atom is -0.392 e. The summed E-state index contributed by atoms with van der Waals surface area (Å²) < 4.78 is 20.4. The van der Waals surface area contributed by atoms with Crippen LogP contribution in [-0.4, -0.2) is 51.5 Å². The Morgan fingerprint density at radius 2 is 1.91 bits per heavy atom. The van der Waals surface area contributed by atoms with Crippen molar-refractivity contribution in [2.24, 2.45) is 17.8 Å². The topological polar surface area (TPSA) is 85.2 Å². The molecule has 2 N–H and O–H groups in total. The van der Waals surface area contributed by atoms with Crippen LogP contribution in [0.5, 0.6) is 0 Å². The monoisotopic (exact) mass is 464 g/mol. The van der Waals surface area contributed by atoms with Gasteiger partial charge >= 0.3 is 0 Å². The van der Waals surface area contributed by atoms with Crippen LogP contribution in [0.1, 0.15) is 39.2 Å². The Morgan fingerprint density at radius 3 is 2.59 bits per heavy atom. The third-order valence-corrected chi connectivity index (χ3v) is 8.78. The van der Waals surface area contributed by atoms with Crippen molar-refractivity contribution in [2.45, 2.75) is 68.9 Å². The minimum atomic E-state index is -1.72. The van der Waals surface area contributed by atoms with Crippen LogP contribution in [0, 0.1) is 17.8 Å². The van der Waals surface area contributed by atoms with E-state index < -0.39 is 34.8 Å². The molecule has 0 radical (unpaired) electrons. The van der Waals surface area contributed by atoms with Crippen LogP contribution in [0.15, 0.2) is 65.8 Å². The number of ketones is 1. The van der Waals surface area contributed by atoms with Gasteiger partial charge in [-0.25, -0.2) is 0 Å². The average molecular weight is 465 g/mol. The summed E-state index contributed by atoms with van der Waals surface area (Å²) >= 11 is 0. The lowest BCUT2D eigenvalue weighted by atomic mass is 9.56. The van der Waals surface area contributed by atoms with E-state index >= 15 is 0 Å². The van der Waals surface area contributed by atoms with Crippen LogP contribution >= 0.6 is 0 Å². The number of benzene rings is 1. The zero-order chi connectivity index (χ0) is 24.1. The molecule has 2 aliphatic heterocycles. The van der Waals surface area contributed by atoms with E-state index in [1.807, 2.05) is 56.3 Å². The summed E-state index contributed by atoms with van der Waals surface area (Å²) in [7, 11) is 0. The fourth-order valence-electron chi connectivity index (χ4n) is 7.33. The van der Waals surface area contributed by atoms with Gasteiger partial charge in [-0.3, -0.25) is 4.79 Å². The number of carbonyl (C=O) groups is 1. The van der Waals surface area contributed by atoms with Crippen molar-refractivity contribution < 1.29 is 29.2 Å². The second kappa shape index (κ2) is 6.99. The number of allylic oxidation sites excluding steroid dienone is 1. The standard InChI is InChI=1S/C28H32O6/c1-16(2)26-12-18(4)28-21(11-20(15-29)13-25(31)22(28)10-17(3)23(25)30)24(26)32-27(33-26,34-28)14-19-8-6-5-7-9-19/h5-11,17-18,21,24,29,31H,1,12-15H2,2-4H3/t17?,18-,21+,24-,25-,26+,27?,28-/m1/s1. The van der Waals surface area contributed by atoms with Gasteiger partial charge in [0.05, 0.1) is 13.0 Å². The maximum Gasteiger partial charge on any atom is 0.289 e. The number of hydrogen-bond donors (Lipinski definition) is 2. The zero-order valence-electron chi connectivity index (χ0n) is 19.9. The number of aliphatic hydroxyl groups is 2. The highest BCUT2D eigenvalue weighted by atomic mass is 16.9. The van der Waals surface area contributed by atoms with Crippen LogP contribution in [0.25, 0.3) is 0 Å². The summed E-state index contributed by atoms with van der Waals surface area (Å²) in [5, 5.41) is 22.1. The molecule has 6 nitrogen and oxygen atoms in total. The lowest BCUT2D eigenvalue weighted by Gasteiger charge is -2.57. The van der Waals surface area contributed by atoms with Crippen molar-refractivity contribution in [1.29, 1.82) is 0 Å². The molecular formula is C28H32O6. The molecule has 34 heavy (non-hydrogen) atoms. The normalized spacial score (nSPS) is 46.4. The van der Waals surface area contributed by atoms with Crippen molar-refractivity contribution in [3.05, 3.63) is 71.3 Å². The fourth-order valence-corrected chi connectivity index (χ4v) is 7.33. The second-order valence-electron chi connectivity index (χ2n) is 10.9. The van der Waals surface area contributed by atoms with E-state index in [4.69, 9.17) is 14.2 Å². The van der Waals surface area contributed by atoms with Gasteiger partial charge in [0, 0.05) is 18.3 Å². The Morgan fingerprint density at radius 1 is 1.18 bits per heavy atom. The first-order chi connectivity index (χ1) is 16.1. The molecule has 180 valence electrons. The number of hydrogen-bond acceptors (Lipinski definition) is 6. The molecule has 1 aromatic rings. The van der Waals surface area contributed by atoms with Crippen LogP contribution in [0.4, 0.5) is 0 Å². The maximum atomic E-state index is 13.3. The molecule has 6 heteroatoms. The Labute approximate surface area is 199 Å². The van der Waals surface area contributed by atoms with Gasteiger partial charge in [0.25, 0.3) is 5.97 Å². The molecule has 2 saturated heterocycles. The zero-order valence-corrected chi connectivity index (χ0v) is 19.9. The van der Waals surface area contributed by atoms with Crippen LogP contribution < -0.4 is 0 Å². The summed E-state index contributed by atoms with van der Waals surface area (Å²) in [6.07, 6.45) is 4.45. The van der Waals surface area contributed by atoms with Crippen LogP contribution in [0.2, 0.25) is 0 Å². The summed E-state index contributed by atoms with van der Waals surface area (Å²) in [4.78, 5) is 13.3. The molecule has 0 amide bonds. The number of ether oxygens (including phenoxy) is 3. The molecule has 3 aliphatic carbocycles. The molecule has 5 aliphatic rings. The van der Waals surface area contributed by atoms with E-state index in [-0.39, 0.29) is 30.6 Å². The van der Waals surface area contributed by atoms with Gasteiger partial charge in [0.1, 0.15) is 17.3 Å². The van der Waals surface area contributed by atoms with Crippen molar-refractivity contribution in [3.8, 4) is 0 Å². The molecule has 8 atom stereocenters. The van der Waals surface area contributed by atoms with Gasteiger partial charge in [-0.05, 0) is 41.5 Å². The Kier molecular flexibility index (Phi) is 4.60. The highest BCUT2D eigenvalue weighted by Gasteiger charge is 2.78. The van der Waals surface area contributed by atoms with Crippen molar-refractivity contribution in [2.75, 3.05) is 6.61 Å². The molecular weight excluding hydrogens is 432 g/mol. The van der Waals surface area contributed by atoms with Gasteiger partial charge < -0.3 is 24.4 Å². The average Bonchev–Trinajstić information content (AvgIpc) is 3.10. The molecule has 3 bridgehead atoms. The maximum absolute atomic E-state index is 13.3. The minimum absolute atomic E-state index is 0.0617. The van der Waals surface area contributed by atoms with Gasteiger partial charge in [0.15, 0.2) is 11.4 Å². The van der Waals surface area contributed by atoms with Crippen LogP contribution in [0.3, 0.4) is 0 Å². The molecule has 2 heterocycles. The summed E-state index contributed by atoms with van der Waals surface area (Å²) in [6.45, 7) is 9.91. The molecule has 1 saturated carbocycles. The second-order valence-corrected chi connectivity index (χ2v) is 10.9. The predicted molar refractivity (Wildman–Crippen MR) is 124 cm³/mol. The first kappa shape index (κ1) is 22.4. The highest BCUT2D eigenvalue weighted by Crippen LogP contribution is 2.68. The highest BCUT2D eigenvalue weighted by molar-refractivity contribution is 5.98. The van der Waals surface area contributed by atoms with Crippen LogP contribution in [-0.2, 0) is 25.4 Å². The predicted octanol–water partition coefficient (Wildman–Crippen LogP) is 3.24. The summed E-state index contributed by atoms with van der Waals surface area (Å²) in [6, 6.07) is 9.91. The van der Waals surface area contributed by atoms with Gasteiger partial charge in [-0.15, -0.1) is 0 Å². The lowest BCUT2D eigenvalue weighted by molar-refractivity contribution is -0.405. The molecule has 6 rings (SSSR count). The van der Waals surface area contributed by atoms with Gasteiger partial charge in [-0.1, -0.05) is 62.9 Å². The number of aliphatic hydroxyl groups excluding tert-OH is 1. The number of rotatable bonds is 4. The van der Waals surface area contributed by atoms with Gasteiger partial charge in [-0.2, -0.15) is 0 Å².